The van der Waals surface area contributed by atoms with Gasteiger partial charge in [-0.3, -0.25) is 4.57 Å². The lowest BCUT2D eigenvalue weighted by Gasteiger charge is -2.07. The summed E-state index contributed by atoms with van der Waals surface area (Å²) in [5.74, 6) is 0.101. The third-order valence-electron chi connectivity index (χ3n) is 3.11. The highest BCUT2D eigenvalue weighted by Gasteiger charge is 2.10. The normalized spacial score (nSPS) is 11.2. The van der Waals surface area contributed by atoms with Crippen molar-refractivity contribution in [2.45, 2.75) is 13.5 Å². The van der Waals surface area contributed by atoms with Gasteiger partial charge in [-0.15, -0.1) is 0 Å². The van der Waals surface area contributed by atoms with Crippen LogP contribution in [0.15, 0.2) is 36.5 Å². The number of nitrogens with zero attached hydrogens (tertiary/aromatic N) is 2. The molecular formula is C14H11F2N3OS. The van der Waals surface area contributed by atoms with Crippen molar-refractivity contribution in [3.05, 3.63) is 46.9 Å². The Labute approximate surface area is 124 Å². The van der Waals surface area contributed by atoms with E-state index in [1.54, 1.807) is 22.9 Å². The lowest BCUT2D eigenvalue weighted by atomic mass is 10.2. The number of alkyl halides is 2. The van der Waals surface area contributed by atoms with Gasteiger partial charge in [-0.2, -0.15) is 8.78 Å². The molecule has 2 aromatic heterocycles. The summed E-state index contributed by atoms with van der Waals surface area (Å²) < 4.78 is 30.9. The molecule has 4 nitrogen and oxygen atoms in total. The average Bonchev–Trinajstić information content (AvgIpc) is 2.77. The first-order chi connectivity index (χ1) is 10.1. The molecule has 3 aromatic rings. The fourth-order valence-electron chi connectivity index (χ4n) is 2.14. The molecule has 0 saturated heterocycles. The number of benzene rings is 1. The fourth-order valence-corrected chi connectivity index (χ4v) is 2.44. The molecule has 0 aliphatic heterocycles. The summed E-state index contributed by atoms with van der Waals surface area (Å²) in [5.41, 5.74) is 3.31. The molecule has 0 spiro atoms. The van der Waals surface area contributed by atoms with Gasteiger partial charge in [-0.25, -0.2) is 4.98 Å². The predicted octanol–water partition coefficient (Wildman–Crippen LogP) is 3.99. The highest BCUT2D eigenvalue weighted by Crippen LogP contribution is 2.22. The number of nitrogens with one attached hydrogen (secondary N) is 1. The van der Waals surface area contributed by atoms with Crippen LogP contribution in [0.1, 0.15) is 5.56 Å². The van der Waals surface area contributed by atoms with Crippen molar-refractivity contribution in [1.82, 2.24) is 14.5 Å². The van der Waals surface area contributed by atoms with Crippen LogP contribution in [0.25, 0.3) is 16.9 Å². The number of rotatable bonds is 3. The van der Waals surface area contributed by atoms with Crippen molar-refractivity contribution in [2.24, 2.45) is 0 Å². The third kappa shape index (κ3) is 2.52. The van der Waals surface area contributed by atoms with Crippen LogP contribution in [0.5, 0.6) is 5.75 Å². The number of hydrogen-bond acceptors (Lipinski definition) is 3. The maximum Gasteiger partial charge on any atom is 0.387 e. The van der Waals surface area contributed by atoms with E-state index >= 15 is 0 Å². The summed E-state index contributed by atoms with van der Waals surface area (Å²) in [4.78, 5) is 7.43. The number of hydrogen-bond donors (Lipinski definition) is 1. The van der Waals surface area contributed by atoms with Crippen LogP contribution >= 0.6 is 12.2 Å². The molecule has 0 aliphatic rings. The van der Waals surface area contributed by atoms with Gasteiger partial charge >= 0.3 is 6.61 Å². The number of imidazole rings is 1. The van der Waals surface area contributed by atoms with Gasteiger partial charge in [0.15, 0.2) is 10.4 Å². The first kappa shape index (κ1) is 13.7. The molecule has 0 saturated carbocycles. The summed E-state index contributed by atoms with van der Waals surface area (Å²) in [7, 11) is 0. The summed E-state index contributed by atoms with van der Waals surface area (Å²) in [6.07, 6.45) is 1.70. The Kier molecular flexibility index (Phi) is 3.42. The molecule has 0 radical (unpaired) electrons. The van der Waals surface area contributed by atoms with Crippen LogP contribution in [0.4, 0.5) is 8.78 Å². The Balaban J connectivity index is 2.10. The predicted molar refractivity (Wildman–Crippen MR) is 77.6 cm³/mol. The van der Waals surface area contributed by atoms with Gasteiger partial charge in [0.05, 0.1) is 11.2 Å². The minimum atomic E-state index is -2.84. The number of H-pyrrole nitrogens is 1. The molecule has 0 bridgehead atoms. The van der Waals surface area contributed by atoms with E-state index in [9.17, 15) is 8.78 Å². The first-order valence-corrected chi connectivity index (χ1v) is 6.58. The number of ether oxygens (including phenoxy) is 1. The van der Waals surface area contributed by atoms with Gasteiger partial charge in [0.2, 0.25) is 0 Å². The number of aromatic nitrogens is 3. The number of aryl methyl sites for hydroxylation is 1. The van der Waals surface area contributed by atoms with E-state index in [1.165, 1.54) is 12.1 Å². The molecular weight excluding hydrogens is 296 g/mol. The van der Waals surface area contributed by atoms with Crippen molar-refractivity contribution in [3.63, 3.8) is 0 Å². The minimum absolute atomic E-state index is 0.101. The maximum atomic E-state index is 12.2. The lowest BCUT2D eigenvalue weighted by Crippen LogP contribution is -2.02. The first-order valence-electron chi connectivity index (χ1n) is 6.18. The summed E-state index contributed by atoms with van der Waals surface area (Å²) in [5, 5.41) is 0. The quantitative estimate of drug-likeness (QED) is 0.744. The highest BCUT2D eigenvalue weighted by atomic mass is 32.1. The van der Waals surface area contributed by atoms with E-state index in [0.29, 0.717) is 10.4 Å². The van der Waals surface area contributed by atoms with E-state index < -0.39 is 6.61 Å². The van der Waals surface area contributed by atoms with Crippen LogP contribution in [-0.2, 0) is 0 Å². The van der Waals surface area contributed by atoms with Crippen LogP contribution in [-0.4, -0.2) is 21.1 Å². The zero-order valence-electron chi connectivity index (χ0n) is 11.0. The van der Waals surface area contributed by atoms with Crippen LogP contribution < -0.4 is 4.74 Å². The number of fused-ring (bicyclic) bond motifs is 1. The molecule has 7 heteroatoms. The second kappa shape index (κ2) is 5.25. The van der Waals surface area contributed by atoms with E-state index in [0.717, 1.165) is 16.8 Å². The monoisotopic (exact) mass is 307 g/mol. The summed E-state index contributed by atoms with van der Waals surface area (Å²) in [6.45, 7) is -0.880. The molecule has 0 fully saturated rings. The molecule has 21 heavy (non-hydrogen) atoms. The molecule has 0 atom stereocenters. The Morgan fingerprint density at radius 1 is 1.24 bits per heavy atom. The molecule has 0 aliphatic carbocycles. The third-order valence-corrected chi connectivity index (χ3v) is 3.39. The Hall–Kier alpha value is -2.28. The molecule has 1 aromatic carbocycles. The number of pyridine rings is 1. The van der Waals surface area contributed by atoms with Crippen LogP contribution in [0.3, 0.4) is 0 Å². The van der Waals surface area contributed by atoms with E-state index in [1.807, 2.05) is 13.0 Å². The fraction of sp³-hybridized carbons (Fsp3) is 0.143. The van der Waals surface area contributed by atoms with Gasteiger partial charge in [-0.1, -0.05) is 0 Å². The van der Waals surface area contributed by atoms with Crippen molar-refractivity contribution < 1.29 is 13.5 Å². The molecule has 0 unspecified atom stereocenters. The topological polar surface area (TPSA) is 42.8 Å². The zero-order valence-corrected chi connectivity index (χ0v) is 11.8. The average molecular weight is 307 g/mol. The van der Waals surface area contributed by atoms with Crippen molar-refractivity contribution in [2.75, 3.05) is 0 Å². The molecule has 2 heterocycles. The van der Waals surface area contributed by atoms with E-state index in [2.05, 4.69) is 14.7 Å². The second-order valence-corrected chi connectivity index (χ2v) is 4.85. The largest absolute Gasteiger partial charge is 0.435 e. The molecule has 108 valence electrons. The minimum Gasteiger partial charge on any atom is -0.435 e. The van der Waals surface area contributed by atoms with E-state index in [-0.39, 0.29) is 5.75 Å². The van der Waals surface area contributed by atoms with Crippen LogP contribution in [0.2, 0.25) is 0 Å². The zero-order chi connectivity index (χ0) is 15.0. The number of aromatic amines is 1. The summed E-state index contributed by atoms with van der Waals surface area (Å²) >= 11 is 5.31. The molecule has 1 N–H and O–H groups in total. The second-order valence-electron chi connectivity index (χ2n) is 4.46. The molecule has 0 amide bonds. The van der Waals surface area contributed by atoms with Gasteiger partial charge in [0, 0.05) is 6.20 Å². The Morgan fingerprint density at radius 2 is 1.95 bits per heavy atom. The SMILES string of the molecule is Cc1ccnc2c1[nH]c(=S)n2-c1ccc(OC(F)F)cc1. The number of halogens is 2. The summed E-state index contributed by atoms with van der Waals surface area (Å²) in [6, 6.07) is 8.14. The smallest absolute Gasteiger partial charge is 0.387 e. The van der Waals surface area contributed by atoms with E-state index in [4.69, 9.17) is 12.2 Å². The maximum absolute atomic E-state index is 12.2. The van der Waals surface area contributed by atoms with Gasteiger partial charge < -0.3 is 9.72 Å². The highest BCUT2D eigenvalue weighted by molar-refractivity contribution is 7.71. The van der Waals surface area contributed by atoms with Gasteiger partial charge in [0.1, 0.15) is 5.75 Å². The van der Waals surface area contributed by atoms with Gasteiger partial charge in [-0.05, 0) is 55.0 Å². The van der Waals surface area contributed by atoms with Crippen LogP contribution in [0, 0.1) is 11.7 Å². The van der Waals surface area contributed by atoms with Crippen molar-refractivity contribution in [1.29, 1.82) is 0 Å². The Bertz CT molecular complexity index is 840. The Morgan fingerprint density at radius 3 is 2.62 bits per heavy atom. The molecule has 3 rings (SSSR count). The van der Waals surface area contributed by atoms with Crippen molar-refractivity contribution >= 4 is 23.4 Å². The standard InChI is InChI=1S/C14H11F2N3OS/c1-8-6-7-17-12-11(8)18-14(21)19(12)9-2-4-10(5-3-9)20-13(15)16/h2-7,13H,1H3,(H,18,21). The van der Waals surface area contributed by atoms with Crippen molar-refractivity contribution in [3.8, 4) is 11.4 Å². The lowest BCUT2D eigenvalue weighted by molar-refractivity contribution is -0.0498. The van der Waals surface area contributed by atoms with Gasteiger partial charge in [0.25, 0.3) is 0 Å².